The Kier molecular flexibility index (Phi) is 4.50. The lowest BCUT2D eigenvalue weighted by molar-refractivity contribution is 0.586. The summed E-state index contributed by atoms with van der Waals surface area (Å²) in [6.45, 7) is 6.45. The van der Waals surface area contributed by atoms with E-state index >= 15 is 0 Å². The Morgan fingerprint density at radius 3 is 2.50 bits per heavy atom. The molecule has 106 valence electrons. The van der Waals surface area contributed by atoms with Gasteiger partial charge in [0.15, 0.2) is 0 Å². The number of benzene rings is 2. The summed E-state index contributed by atoms with van der Waals surface area (Å²) in [5.74, 6) is -0.577. The fourth-order valence-corrected chi connectivity index (χ4v) is 2.17. The third-order valence-corrected chi connectivity index (χ3v) is 3.33. The molecule has 0 saturated heterocycles. The van der Waals surface area contributed by atoms with Gasteiger partial charge in [-0.3, -0.25) is 0 Å². The van der Waals surface area contributed by atoms with E-state index in [9.17, 15) is 8.78 Å². The molecular weight excluding hydrogens is 256 g/mol. The van der Waals surface area contributed by atoms with Crippen LogP contribution >= 0.6 is 0 Å². The summed E-state index contributed by atoms with van der Waals surface area (Å²) in [4.78, 5) is 0. The number of hydrogen-bond acceptors (Lipinski definition) is 1. The fourth-order valence-electron chi connectivity index (χ4n) is 2.17. The Labute approximate surface area is 118 Å². The minimum Gasteiger partial charge on any atom is -0.310 e. The van der Waals surface area contributed by atoms with Gasteiger partial charge in [-0.15, -0.1) is 0 Å². The predicted octanol–water partition coefficient (Wildman–Crippen LogP) is 4.44. The smallest absolute Gasteiger partial charge is 0.126 e. The Balaban J connectivity index is 2.48. The number of nitrogens with one attached hydrogen (secondary N) is 1. The molecule has 0 aromatic heterocycles. The molecule has 0 aliphatic heterocycles. The number of hydrogen-bond donors (Lipinski definition) is 1. The first-order valence-corrected chi connectivity index (χ1v) is 6.76. The van der Waals surface area contributed by atoms with Crippen molar-refractivity contribution in [3.63, 3.8) is 0 Å². The van der Waals surface area contributed by atoms with Gasteiger partial charge >= 0.3 is 0 Å². The minimum absolute atomic E-state index is 0.269. The maximum absolute atomic E-state index is 13.7. The lowest BCUT2D eigenvalue weighted by Gasteiger charge is -2.15. The van der Waals surface area contributed by atoms with Gasteiger partial charge in [-0.25, -0.2) is 8.78 Å². The van der Waals surface area contributed by atoms with Gasteiger partial charge in [-0.05, 0) is 47.4 Å². The minimum atomic E-state index is -0.308. The van der Waals surface area contributed by atoms with Gasteiger partial charge in [-0.2, -0.15) is 0 Å². The average Bonchev–Trinajstić information content (AvgIpc) is 2.40. The Morgan fingerprint density at radius 2 is 1.80 bits per heavy atom. The highest BCUT2D eigenvalue weighted by Crippen LogP contribution is 2.29. The predicted molar refractivity (Wildman–Crippen MR) is 78.5 cm³/mol. The van der Waals surface area contributed by atoms with E-state index < -0.39 is 0 Å². The molecule has 0 heterocycles. The molecule has 0 atom stereocenters. The van der Waals surface area contributed by atoms with Crippen LogP contribution in [0.15, 0.2) is 36.4 Å². The van der Waals surface area contributed by atoms with Crippen molar-refractivity contribution in [2.75, 3.05) is 0 Å². The summed E-state index contributed by atoms with van der Waals surface area (Å²) >= 11 is 0. The van der Waals surface area contributed by atoms with Crippen LogP contribution < -0.4 is 5.32 Å². The lowest BCUT2D eigenvalue weighted by Crippen LogP contribution is -2.22. The van der Waals surface area contributed by atoms with Crippen LogP contribution in [0, 0.1) is 18.6 Å². The third-order valence-electron chi connectivity index (χ3n) is 3.33. The zero-order valence-corrected chi connectivity index (χ0v) is 12.0. The van der Waals surface area contributed by atoms with Crippen molar-refractivity contribution in [1.82, 2.24) is 5.32 Å². The van der Waals surface area contributed by atoms with Crippen molar-refractivity contribution in [3.05, 3.63) is 59.2 Å². The van der Waals surface area contributed by atoms with Crippen molar-refractivity contribution < 1.29 is 8.78 Å². The Hall–Kier alpha value is -1.74. The van der Waals surface area contributed by atoms with Crippen LogP contribution in [0.5, 0.6) is 0 Å². The van der Waals surface area contributed by atoms with Gasteiger partial charge < -0.3 is 5.32 Å². The molecule has 2 aromatic rings. The first-order valence-electron chi connectivity index (χ1n) is 6.76. The van der Waals surface area contributed by atoms with Gasteiger partial charge in [0.25, 0.3) is 0 Å². The van der Waals surface area contributed by atoms with Crippen molar-refractivity contribution >= 4 is 0 Å². The highest BCUT2D eigenvalue weighted by molar-refractivity contribution is 5.70. The SMILES string of the molecule is Cc1c(F)cccc1-c1cc(F)ccc1CNC(C)C. The van der Waals surface area contributed by atoms with Crippen LogP contribution in [0.2, 0.25) is 0 Å². The first-order chi connectivity index (χ1) is 9.49. The van der Waals surface area contributed by atoms with Crippen LogP contribution in [-0.4, -0.2) is 6.04 Å². The molecule has 0 unspecified atom stereocenters. The van der Waals surface area contributed by atoms with Gasteiger partial charge in [0, 0.05) is 12.6 Å². The second-order valence-electron chi connectivity index (χ2n) is 5.25. The van der Waals surface area contributed by atoms with Crippen molar-refractivity contribution in [1.29, 1.82) is 0 Å². The summed E-state index contributed by atoms with van der Waals surface area (Å²) in [7, 11) is 0. The summed E-state index contributed by atoms with van der Waals surface area (Å²) < 4.78 is 27.3. The maximum Gasteiger partial charge on any atom is 0.126 e. The average molecular weight is 275 g/mol. The van der Waals surface area contributed by atoms with E-state index in [0.29, 0.717) is 18.2 Å². The summed E-state index contributed by atoms with van der Waals surface area (Å²) in [6.07, 6.45) is 0. The second kappa shape index (κ2) is 6.14. The summed E-state index contributed by atoms with van der Waals surface area (Å²) in [5, 5.41) is 3.31. The van der Waals surface area contributed by atoms with Crippen LogP contribution in [0.1, 0.15) is 25.0 Å². The fraction of sp³-hybridized carbons (Fsp3) is 0.294. The van der Waals surface area contributed by atoms with Crippen molar-refractivity contribution in [2.24, 2.45) is 0 Å². The molecule has 20 heavy (non-hydrogen) atoms. The normalized spacial score (nSPS) is 11.1. The summed E-state index contributed by atoms with van der Waals surface area (Å²) in [6, 6.07) is 9.90. The lowest BCUT2D eigenvalue weighted by atomic mass is 9.95. The Bertz CT molecular complexity index is 606. The quantitative estimate of drug-likeness (QED) is 0.870. The molecule has 3 heteroatoms. The van der Waals surface area contributed by atoms with Crippen LogP contribution in [0.25, 0.3) is 11.1 Å². The molecule has 0 saturated carbocycles. The van der Waals surface area contributed by atoms with Crippen LogP contribution in [-0.2, 0) is 6.54 Å². The molecule has 0 amide bonds. The van der Waals surface area contributed by atoms with Crippen molar-refractivity contribution in [3.8, 4) is 11.1 Å². The van der Waals surface area contributed by atoms with E-state index in [1.165, 1.54) is 18.2 Å². The molecule has 0 bridgehead atoms. The molecular formula is C17H19F2N. The second-order valence-corrected chi connectivity index (χ2v) is 5.25. The zero-order valence-electron chi connectivity index (χ0n) is 12.0. The molecule has 0 spiro atoms. The maximum atomic E-state index is 13.7. The molecule has 2 aromatic carbocycles. The highest BCUT2D eigenvalue weighted by Gasteiger charge is 2.11. The first kappa shape index (κ1) is 14.7. The van der Waals surface area contributed by atoms with E-state index in [1.54, 1.807) is 19.1 Å². The third kappa shape index (κ3) is 3.23. The largest absolute Gasteiger partial charge is 0.310 e. The Morgan fingerprint density at radius 1 is 1.05 bits per heavy atom. The highest BCUT2D eigenvalue weighted by atomic mass is 19.1. The van der Waals surface area contributed by atoms with Gasteiger partial charge in [-0.1, -0.05) is 32.0 Å². The molecule has 1 nitrogen and oxygen atoms in total. The molecule has 0 aliphatic rings. The van der Waals surface area contributed by atoms with Crippen LogP contribution in [0.3, 0.4) is 0 Å². The van der Waals surface area contributed by atoms with E-state index in [-0.39, 0.29) is 11.6 Å². The van der Waals surface area contributed by atoms with Gasteiger partial charge in [0.1, 0.15) is 11.6 Å². The molecule has 0 radical (unpaired) electrons. The van der Waals surface area contributed by atoms with Gasteiger partial charge in [0.05, 0.1) is 0 Å². The van der Waals surface area contributed by atoms with Crippen molar-refractivity contribution in [2.45, 2.75) is 33.4 Å². The molecule has 1 N–H and O–H groups in total. The van der Waals surface area contributed by atoms with Crippen LogP contribution in [0.4, 0.5) is 8.78 Å². The molecule has 0 aliphatic carbocycles. The van der Waals surface area contributed by atoms with E-state index in [2.05, 4.69) is 19.2 Å². The number of halogens is 2. The van der Waals surface area contributed by atoms with E-state index in [4.69, 9.17) is 0 Å². The summed E-state index contributed by atoms with van der Waals surface area (Å²) in [5.41, 5.74) is 3.00. The topological polar surface area (TPSA) is 12.0 Å². The van der Waals surface area contributed by atoms with E-state index in [0.717, 1.165) is 16.7 Å². The zero-order chi connectivity index (χ0) is 14.7. The molecule has 2 rings (SSSR count). The molecule has 0 fully saturated rings. The van der Waals surface area contributed by atoms with E-state index in [1.807, 2.05) is 6.07 Å². The van der Waals surface area contributed by atoms with Gasteiger partial charge in [0.2, 0.25) is 0 Å². The standard InChI is InChI=1S/C17H19F2N/c1-11(2)20-10-13-7-8-14(18)9-16(13)15-5-4-6-17(19)12(15)3/h4-9,11,20H,10H2,1-3H3. The number of rotatable bonds is 4. The monoisotopic (exact) mass is 275 g/mol.